The number of hydrogen-bond donors (Lipinski definition) is 0. The largest absolute Gasteiger partial charge is 0.461 e. The number of likely N-dealkylation sites (N-methyl/N-ethyl adjacent to an activating group) is 1. The first kappa shape index (κ1) is 19.6. The van der Waals surface area contributed by atoms with Gasteiger partial charge in [-0.15, -0.1) is 0 Å². The molecule has 0 saturated heterocycles. The van der Waals surface area contributed by atoms with Crippen LogP contribution in [0.1, 0.15) is 18.3 Å². The Hall–Kier alpha value is -2.71. The van der Waals surface area contributed by atoms with Crippen LogP contribution in [0.4, 0.5) is 23.4 Å². The Morgan fingerprint density at radius 3 is 2.46 bits per heavy atom. The third-order valence-corrected chi connectivity index (χ3v) is 3.51. The van der Waals surface area contributed by atoms with Crippen LogP contribution in [0.25, 0.3) is 0 Å². The van der Waals surface area contributed by atoms with Crippen molar-refractivity contribution in [2.24, 2.45) is 0 Å². The Labute approximate surface area is 147 Å². The zero-order chi connectivity index (χ0) is 19.3. The molecule has 1 aromatic carbocycles. The average molecular weight is 371 g/mol. The van der Waals surface area contributed by atoms with Gasteiger partial charge in [0.2, 0.25) is 5.91 Å². The third kappa shape index (κ3) is 4.90. The fourth-order valence-corrected chi connectivity index (χ4v) is 2.04. The highest BCUT2D eigenvalue weighted by molar-refractivity contribution is 5.93. The number of halogens is 4. The molecule has 0 bridgehead atoms. The van der Waals surface area contributed by atoms with Crippen molar-refractivity contribution in [3.63, 3.8) is 0 Å². The van der Waals surface area contributed by atoms with Gasteiger partial charge in [0.05, 0.1) is 6.42 Å². The van der Waals surface area contributed by atoms with E-state index in [1.165, 1.54) is 17.0 Å². The van der Waals surface area contributed by atoms with Crippen molar-refractivity contribution < 1.29 is 27.1 Å². The molecule has 0 atom stereocenters. The van der Waals surface area contributed by atoms with Crippen molar-refractivity contribution in [3.05, 3.63) is 47.9 Å². The second kappa shape index (κ2) is 8.11. The molecule has 9 heteroatoms. The molecule has 2 aromatic rings. The minimum atomic E-state index is -4.57. The summed E-state index contributed by atoms with van der Waals surface area (Å²) in [5.74, 6) is 0.350. The number of aromatic nitrogens is 2. The van der Waals surface area contributed by atoms with Crippen LogP contribution in [0.15, 0.2) is 36.5 Å². The van der Waals surface area contributed by atoms with Crippen molar-refractivity contribution in [1.82, 2.24) is 9.97 Å². The van der Waals surface area contributed by atoms with Crippen molar-refractivity contribution in [3.8, 4) is 5.75 Å². The number of carbonyl (C=O) groups excluding carboxylic acids is 1. The normalized spacial score (nSPS) is 11.5. The predicted octanol–water partition coefficient (Wildman–Crippen LogP) is 3.48. The van der Waals surface area contributed by atoms with Gasteiger partial charge in [-0.3, -0.25) is 9.69 Å². The number of aryl methyl sites for hydroxylation is 1. The summed E-state index contributed by atoms with van der Waals surface area (Å²) < 4.78 is 53.9. The van der Waals surface area contributed by atoms with Gasteiger partial charge in [-0.2, -0.15) is 17.6 Å². The fourth-order valence-electron chi connectivity index (χ4n) is 2.04. The first-order valence-electron chi connectivity index (χ1n) is 7.75. The lowest BCUT2D eigenvalue weighted by Crippen LogP contribution is -2.33. The summed E-state index contributed by atoms with van der Waals surface area (Å²) in [6, 6.07) is 6.54. The fraction of sp³-hybridized carbons (Fsp3) is 0.353. The van der Waals surface area contributed by atoms with E-state index in [-0.39, 0.29) is 12.3 Å². The second-order valence-electron chi connectivity index (χ2n) is 5.42. The van der Waals surface area contributed by atoms with Crippen LogP contribution in [0.3, 0.4) is 0 Å². The zero-order valence-electron chi connectivity index (χ0n) is 14.1. The highest BCUT2D eigenvalue weighted by atomic mass is 19.3. The van der Waals surface area contributed by atoms with Crippen LogP contribution >= 0.6 is 0 Å². The van der Waals surface area contributed by atoms with Crippen LogP contribution in [-0.2, 0) is 17.6 Å². The Morgan fingerprint density at radius 1 is 1.23 bits per heavy atom. The minimum Gasteiger partial charge on any atom is -0.428 e. The molecule has 0 radical (unpaired) electrons. The lowest BCUT2D eigenvalue weighted by molar-refractivity contribution is -0.253. The molecule has 0 aliphatic rings. The molecule has 26 heavy (non-hydrogen) atoms. The molecule has 1 amide bonds. The summed E-state index contributed by atoms with van der Waals surface area (Å²) >= 11 is 0. The molecule has 0 aliphatic heterocycles. The summed E-state index contributed by atoms with van der Waals surface area (Å²) in [6.45, 7) is 1.89. The minimum absolute atomic E-state index is 0.0204. The topological polar surface area (TPSA) is 55.3 Å². The summed E-state index contributed by atoms with van der Waals surface area (Å²) in [5, 5.41) is 0. The number of amides is 1. The van der Waals surface area contributed by atoms with E-state index in [2.05, 4.69) is 14.7 Å². The number of nitrogens with zero attached hydrogens (tertiary/aromatic N) is 3. The monoisotopic (exact) mass is 371 g/mol. The molecule has 1 aromatic heterocycles. The molecule has 2 rings (SSSR count). The first-order valence-corrected chi connectivity index (χ1v) is 7.75. The number of benzene rings is 1. The Morgan fingerprint density at radius 2 is 1.88 bits per heavy atom. The molecular weight excluding hydrogens is 354 g/mol. The Kier molecular flexibility index (Phi) is 6.12. The SMILES string of the molecule is CCc1nccc(N(C)C(=O)Cc2ccc(OC(F)(F)C(F)F)cc2)n1. The van der Waals surface area contributed by atoms with Gasteiger partial charge in [-0.1, -0.05) is 19.1 Å². The highest BCUT2D eigenvalue weighted by Gasteiger charge is 2.43. The number of hydrogen-bond acceptors (Lipinski definition) is 4. The second-order valence-corrected chi connectivity index (χ2v) is 5.42. The summed E-state index contributed by atoms with van der Waals surface area (Å²) in [5.41, 5.74) is 0.513. The van der Waals surface area contributed by atoms with Gasteiger partial charge in [0.25, 0.3) is 0 Å². The van der Waals surface area contributed by atoms with Gasteiger partial charge in [0.1, 0.15) is 17.4 Å². The molecule has 0 unspecified atom stereocenters. The standard InChI is InChI=1S/C17H17F4N3O2/c1-3-13-22-9-8-14(23-13)24(2)15(25)10-11-4-6-12(7-5-11)26-17(20,21)16(18)19/h4-9,16H,3,10H2,1-2H3. The predicted molar refractivity (Wildman–Crippen MR) is 86.5 cm³/mol. The van der Waals surface area contributed by atoms with E-state index in [0.29, 0.717) is 23.6 Å². The first-order chi connectivity index (χ1) is 12.2. The number of anilines is 1. The Balaban J connectivity index is 2.02. The van der Waals surface area contributed by atoms with Crippen molar-refractivity contribution in [2.45, 2.75) is 32.3 Å². The zero-order valence-corrected chi connectivity index (χ0v) is 14.1. The van der Waals surface area contributed by atoms with Gasteiger partial charge < -0.3 is 4.74 Å². The van der Waals surface area contributed by atoms with Crippen LogP contribution < -0.4 is 9.64 Å². The van der Waals surface area contributed by atoms with E-state index >= 15 is 0 Å². The van der Waals surface area contributed by atoms with E-state index in [4.69, 9.17) is 0 Å². The quantitative estimate of drug-likeness (QED) is 0.700. The maximum absolute atomic E-state index is 12.9. The molecule has 0 aliphatic carbocycles. The number of ether oxygens (including phenoxy) is 1. The van der Waals surface area contributed by atoms with E-state index in [0.717, 1.165) is 12.1 Å². The highest BCUT2D eigenvalue weighted by Crippen LogP contribution is 2.27. The molecule has 5 nitrogen and oxygen atoms in total. The van der Waals surface area contributed by atoms with Gasteiger partial charge in [0.15, 0.2) is 0 Å². The van der Waals surface area contributed by atoms with E-state index in [1.54, 1.807) is 19.3 Å². The molecule has 0 spiro atoms. The van der Waals surface area contributed by atoms with Gasteiger partial charge in [-0.05, 0) is 23.8 Å². The molecule has 0 N–H and O–H groups in total. The van der Waals surface area contributed by atoms with E-state index in [9.17, 15) is 22.4 Å². The lowest BCUT2D eigenvalue weighted by Gasteiger charge is -2.18. The summed E-state index contributed by atoms with van der Waals surface area (Å²) in [7, 11) is 1.56. The number of rotatable bonds is 7. The van der Waals surface area contributed by atoms with Gasteiger partial charge >= 0.3 is 12.5 Å². The molecule has 0 saturated carbocycles. The third-order valence-electron chi connectivity index (χ3n) is 3.51. The van der Waals surface area contributed by atoms with Crippen LogP contribution in [0.2, 0.25) is 0 Å². The lowest BCUT2D eigenvalue weighted by atomic mass is 10.1. The molecule has 0 fully saturated rings. The van der Waals surface area contributed by atoms with Crippen LogP contribution in [-0.4, -0.2) is 35.5 Å². The maximum Gasteiger partial charge on any atom is 0.461 e. The maximum atomic E-state index is 12.9. The average Bonchev–Trinajstić information content (AvgIpc) is 2.62. The molecule has 1 heterocycles. The van der Waals surface area contributed by atoms with Crippen molar-refractivity contribution >= 4 is 11.7 Å². The van der Waals surface area contributed by atoms with Gasteiger partial charge in [0, 0.05) is 19.7 Å². The smallest absolute Gasteiger partial charge is 0.428 e. The number of alkyl halides is 4. The van der Waals surface area contributed by atoms with Crippen LogP contribution in [0, 0.1) is 0 Å². The summed E-state index contributed by atoms with van der Waals surface area (Å²) in [4.78, 5) is 22.0. The van der Waals surface area contributed by atoms with E-state index < -0.39 is 18.3 Å². The molecular formula is C17H17F4N3O2. The van der Waals surface area contributed by atoms with Crippen molar-refractivity contribution in [2.75, 3.05) is 11.9 Å². The van der Waals surface area contributed by atoms with E-state index in [1.807, 2.05) is 6.92 Å². The summed E-state index contributed by atoms with van der Waals surface area (Å²) in [6.07, 6.45) is -6.34. The van der Waals surface area contributed by atoms with Crippen LogP contribution in [0.5, 0.6) is 5.75 Å². The Bertz CT molecular complexity index is 754. The number of carbonyl (C=O) groups is 1. The molecule has 140 valence electrons. The van der Waals surface area contributed by atoms with Crippen molar-refractivity contribution in [1.29, 1.82) is 0 Å². The van der Waals surface area contributed by atoms with Gasteiger partial charge in [-0.25, -0.2) is 9.97 Å².